The van der Waals surface area contributed by atoms with Crippen molar-refractivity contribution < 1.29 is 18.0 Å². The van der Waals surface area contributed by atoms with Gasteiger partial charge in [0.25, 0.3) is 11.5 Å². The van der Waals surface area contributed by atoms with E-state index < -0.39 is 29.2 Å². The van der Waals surface area contributed by atoms with Crippen LogP contribution in [0.1, 0.15) is 40.4 Å². The van der Waals surface area contributed by atoms with Crippen molar-refractivity contribution in [1.82, 2.24) is 35.3 Å². The third-order valence-electron chi connectivity index (χ3n) is 5.13. The number of nitrogen functional groups attached to an aromatic ring is 1. The summed E-state index contributed by atoms with van der Waals surface area (Å²) in [4.78, 5) is 25.3. The molecule has 2 heterocycles. The molecule has 35 heavy (non-hydrogen) atoms. The maximum atomic E-state index is 13.1. The molecule has 0 bridgehead atoms. The molecule has 2 aromatic heterocycles. The molecule has 1 atom stereocenters. The third kappa shape index (κ3) is 5.03. The van der Waals surface area contributed by atoms with E-state index in [1.165, 1.54) is 29.8 Å². The fraction of sp³-hybridized carbons (Fsp3) is 0.182. The lowest BCUT2D eigenvalue weighted by Gasteiger charge is -2.17. The molecule has 10 nitrogen and oxygen atoms in total. The lowest BCUT2D eigenvalue weighted by Crippen LogP contribution is -2.31. The number of aromatic nitrogens is 6. The maximum Gasteiger partial charge on any atom is 0.416 e. The molecule has 0 spiro atoms. The average molecular weight is 484 g/mol. The molecule has 0 aliphatic carbocycles. The molecule has 4 rings (SSSR count). The molecule has 2 aromatic carbocycles. The van der Waals surface area contributed by atoms with Crippen LogP contribution in [-0.4, -0.2) is 35.9 Å². The number of benzene rings is 2. The molecule has 1 amide bonds. The van der Waals surface area contributed by atoms with Crippen LogP contribution in [0.25, 0.3) is 11.4 Å². The van der Waals surface area contributed by atoms with Gasteiger partial charge >= 0.3 is 6.18 Å². The molecule has 0 aliphatic rings. The molecule has 0 aliphatic heterocycles. The van der Waals surface area contributed by atoms with Gasteiger partial charge in [-0.15, -0.1) is 5.10 Å². The zero-order chi connectivity index (χ0) is 25.3. The van der Waals surface area contributed by atoms with E-state index in [1.807, 2.05) is 0 Å². The molecule has 0 saturated heterocycles. The van der Waals surface area contributed by atoms with Crippen molar-refractivity contribution >= 4 is 11.6 Å². The van der Waals surface area contributed by atoms with E-state index in [1.54, 1.807) is 31.2 Å². The van der Waals surface area contributed by atoms with Crippen LogP contribution < -0.4 is 16.6 Å². The highest BCUT2D eigenvalue weighted by molar-refractivity contribution is 5.92. The number of amides is 1. The normalized spacial score (nSPS) is 12.4. The molecule has 4 aromatic rings. The summed E-state index contributed by atoms with van der Waals surface area (Å²) >= 11 is 0. The van der Waals surface area contributed by atoms with Crippen LogP contribution in [0.4, 0.5) is 18.9 Å². The van der Waals surface area contributed by atoms with E-state index >= 15 is 0 Å². The minimum absolute atomic E-state index is 0.0831. The van der Waals surface area contributed by atoms with Gasteiger partial charge in [-0.3, -0.25) is 9.59 Å². The number of hydrogen-bond acceptors (Lipinski definition) is 7. The van der Waals surface area contributed by atoms with Gasteiger partial charge in [0.15, 0.2) is 5.82 Å². The van der Waals surface area contributed by atoms with Crippen molar-refractivity contribution in [2.75, 3.05) is 5.73 Å². The Balaban J connectivity index is 1.61. The summed E-state index contributed by atoms with van der Waals surface area (Å²) in [7, 11) is 0. The summed E-state index contributed by atoms with van der Waals surface area (Å²) in [5.41, 5.74) is 5.11. The Morgan fingerprint density at radius 3 is 2.43 bits per heavy atom. The van der Waals surface area contributed by atoms with Crippen molar-refractivity contribution in [2.24, 2.45) is 0 Å². The minimum Gasteiger partial charge on any atom is -0.399 e. The second-order valence-electron chi connectivity index (χ2n) is 7.71. The van der Waals surface area contributed by atoms with Crippen LogP contribution in [0.2, 0.25) is 0 Å². The number of rotatable bonds is 5. The Labute approximate surface area is 196 Å². The van der Waals surface area contributed by atoms with E-state index in [0.29, 0.717) is 17.2 Å². The first-order valence-electron chi connectivity index (χ1n) is 10.3. The quantitative estimate of drug-likeness (QED) is 0.416. The molecule has 0 fully saturated rings. The SMILES string of the molecule is Cc1nnnn1-c1cccc(-n2nc(C(=O)N[C@H](C)c3cc(N)cc(C(F)(F)F)c3)ccc2=O)c1. The Morgan fingerprint density at radius 1 is 1.06 bits per heavy atom. The minimum atomic E-state index is -4.58. The smallest absolute Gasteiger partial charge is 0.399 e. The Hall–Kier alpha value is -4.55. The fourth-order valence-electron chi connectivity index (χ4n) is 3.39. The van der Waals surface area contributed by atoms with Crippen molar-refractivity contribution in [3.8, 4) is 11.4 Å². The van der Waals surface area contributed by atoms with Gasteiger partial charge < -0.3 is 11.1 Å². The van der Waals surface area contributed by atoms with Gasteiger partial charge in [0.05, 0.1) is 23.0 Å². The highest BCUT2D eigenvalue weighted by Crippen LogP contribution is 2.32. The number of tetrazole rings is 1. The van der Waals surface area contributed by atoms with Gasteiger partial charge in [-0.2, -0.15) is 27.6 Å². The van der Waals surface area contributed by atoms with Crippen LogP contribution >= 0.6 is 0 Å². The van der Waals surface area contributed by atoms with E-state index in [-0.39, 0.29) is 16.9 Å². The summed E-state index contributed by atoms with van der Waals surface area (Å²) in [5, 5.41) is 18.0. The van der Waals surface area contributed by atoms with Gasteiger partial charge in [0, 0.05) is 11.8 Å². The number of hydrogen-bond donors (Lipinski definition) is 2. The number of aryl methyl sites for hydroxylation is 1. The predicted octanol–water partition coefficient (Wildman–Crippen LogP) is 2.61. The zero-order valence-corrected chi connectivity index (χ0v) is 18.5. The first-order chi connectivity index (χ1) is 16.5. The van der Waals surface area contributed by atoms with Gasteiger partial charge in [0.2, 0.25) is 0 Å². The lowest BCUT2D eigenvalue weighted by atomic mass is 10.0. The first kappa shape index (κ1) is 23.6. The van der Waals surface area contributed by atoms with E-state index in [0.717, 1.165) is 16.8 Å². The number of halogens is 3. The number of carbonyl (C=O) groups is 1. The molecule has 180 valence electrons. The lowest BCUT2D eigenvalue weighted by molar-refractivity contribution is -0.137. The van der Waals surface area contributed by atoms with Crippen molar-refractivity contribution in [1.29, 1.82) is 0 Å². The molecule has 0 radical (unpaired) electrons. The highest BCUT2D eigenvalue weighted by Gasteiger charge is 2.31. The van der Waals surface area contributed by atoms with Crippen LogP contribution in [0, 0.1) is 6.92 Å². The Bertz CT molecular complexity index is 1460. The zero-order valence-electron chi connectivity index (χ0n) is 18.5. The first-order valence-corrected chi connectivity index (χ1v) is 10.3. The van der Waals surface area contributed by atoms with E-state index in [2.05, 4.69) is 25.9 Å². The van der Waals surface area contributed by atoms with Gasteiger partial charge in [0.1, 0.15) is 5.69 Å². The Morgan fingerprint density at radius 2 is 1.77 bits per heavy atom. The molecular formula is C22H19F3N8O2. The molecule has 0 saturated carbocycles. The van der Waals surface area contributed by atoms with E-state index in [9.17, 15) is 22.8 Å². The summed E-state index contributed by atoms with van der Waals surface area (Å²) in [6.45, 7) is 3.22. The summed E-state index contributed by atoms with van der Waals surface area (Å²) in [6.07, 6.45) is -4.58. The van der Waals surface area contributed by atoms with Crippen LogP contribution in [0.3, 0.4) is 0 Å². The largest absolute Gasteiger partial charge is 0.416 e. The van der Waals surface area contributed by atoms with Crippen LogP contribution in [-0.2, 0) is 6.18 Å². The van der Waals surface area contributed by atoms with Gasteiger partial charge in [-0.05, 0) is 72.3 Å². The fourth-order valence-corrected chi connectivity index (χ4v) is 3.39. The van der Waals surface area contributed by atoms with Crippen molar-refractivity contribution in [3.05, 3.63) is 87.6 Å². The van der Waals surface area contributed by atoms with Crippen molar-refractivity contribution in [3.63, 3.8) is 0 Å². The standard InChI is InChI=1S/C22H19F3N8O2/c1-12(14-8-15(22(23,24)25)10-16(26)9-14)27-21(35)19-6-7-20(34)33(29-19)18-5-3-4-17(11-18)32-13(2)28-30-31-32/h3-12H,26H2,1-2H3,(H,27,35)/t12-/m1/s1. The highest BCUT2D eigenvalue weighted by atomic mass is 19.4. The van der Waals surface area contributed by atoms with Gasteiger partial charge in [-0.1, -0.05) is 6.07 Å². The number of nitrogens with zero attached hydrogens (tertiary/aromatic N) is 6. The average Bonchev–Trinajstić information content (AvgIpc) is 3.24. The number of nitrogens with two attached hydrogens (primary N) is 1. The molecular weight excluding hydrogens is 465 g/mol. The Kier molecular flexibility index (Phi) is 6.07. The second-order valence-corrected chi connectivity index (χ2v) is 7.71. The van der Waals surface area contributed by atoms with E-state index in [4.69, 9.17) is 5.73 Å². The van der Waals surface area contributed by atoms with Crippen LogP contribution in [0.5, 0.6) is 0 Å². The van der Waals surface area contributed by atoms with Gasteiger partial charge in [-0.25, -0.2) is 0 Å². The summed E-state index contributed by atoms with van der Waals surface area (Å²) < 4.78 is 41.9. The number of anilines is 1. The van der Waals surface area contributed by atoms with Crippen LogP contribution in [0.15, 0.2) is 59.4 Å². The molecule has 13 heteroatoms. The topological polar surface area (TPSA) is 134 Å². The maximum absolute atomic E-state index is 13.1. The third-order valence-corrected chi connectivity index (χ3v) is 5.13. The summed E-state index contributed by atoms with van der Waals surface area (Å²) in [6, 6.07) is 11.3. The predicted molar refractivity (Wildman–Crippen MR) is 119 cm³/mol. The molecule has 0 unspecified atom stereocenters. The molecule has 3 N–H and O–H groups in total. The second kappa shape index (κ2) is 9.00. The number of nitrogens with one attached hydrogen (secondary N) is 1. The summed E-state index contributed by atoms with van der Waals surface area (Å²) in [5.74, 6) is -0.158. The number of carbonyl (C=O) groups excluding carboxylic acids is 1. The monoisotopic (exact) mass is 484 g/mol. The number of alkyl halides is 3. The van der Waals surface area contributed by atoms with Crippen molar-refractivity contribution in [2.45, 2.75) is 26.1 Å².